The van der Waals surface area contributed by atoms with Crippen LogP contribution in [0.2, 0.25) is 5.02 Å². The normalized spacial score (nSPS) is 11.4. The first-order valence-electron chi connectivity index (χ1n) is 9.83. The summed E-state index contributed by atoms with van der Waals surface area (Å²) in [6, 6.07) is 14.5. The number of halogens is 1. The molecule has 9 nitrogen and oxygen atoms in total. The smallest absolute Gasteiger partial charge is 0.277 e. The maximum Gasteiger partial charge on any atom is 0.277 e. The van der Waals surface area contributed by atoms with Crippen LogP contribution < -0.4 is 10.3 Å². The lowest BCUT2D eigenvalue weighted by atomic mass is 10.2. The molecule has 11 heteroatoms. The fourth-order valence-electron chi connectivity index (χ4n) is 3.35. The third-order valence-corrected chi connectivity index (χ3v) is 5.91. The Kier molecular flexibility index (Phi) is 5.54. The molecule has 0 radical (unpaired) electrons. The van der Waals surface area contributed by atoms with E-state index in [0.29, 0.717) is 51.2 Å². The highest BCUT2D eigenvalue weighted by molar-refractivity contribution is 7.98. The largest absolute Gasteiger partial charge is 0.484 e. The van der Waals surface area contributed by atoms with Gasteiger partial charge in [-0.3, -0.25) is 13.8 Å². The molecule has 162 valence electrons. The van der Waals surface area contributed by atoms with E-state index in [2.05, 4.69) is 20.4 Å². The highest BCUT2D eigenvalue weighted by atomic mass is 35.5. The predicted molar refractivity (Wildman–Crippen MR) is 120 cm³/mol. The molecule has 0 aliphatic heterocycles. The molecule has 0 spiro atoms. The number of benzene rings is 2. The Morgan fingerprint density at radius 1 is 1.06 bits per heavy atom. The lowest BCUT2D eigenvalue weighted by Crippen LogP contribution is -2.22. The molecule has 5 aromatic rings. The second kappa shape index (κ2) is 8.64. The fourth-order valence-corrected chi connectivity index (χ4v) is 4.17. The van der Waals surface area contributed by atoms with Crippen molar-refractivity contribution in [1.29, 1.82) is 0 Å². The summed E-state index contributed by atoms with van der Waals surface area (Å²) in [5.74, 6) is 2.64. The average molecular weight is 469 g/mol. The molecule has 0 unspecified atom stereocenters. The number of aryl methyl sites for hydroxylation is 1. The van der Waals surface area contributed by atoms with Crippen molar-refractivity contribution in [3.05, 3.63) is 75.6 Å². The number of hydrogen-bond donors (Lipinski definition) is 0. The topological polar surface area (TPSA) is 100 Å². The van der Waals surface area contributed by atoms with Gasteiger partial charge in [0.2, 0.25) is 5.78 Å². The molecular weight excluding hydrogens is 452 g/mol. The van der Waals surface area contributed by atoms with Crippen molar-refractivity contribution in [2.24, 2.45) is 0 Å². The molecule has 0 amide bonds. The number of thioether (sulfide) groups is 1. The molecule has 0 saturated carbocycles. The van der Waals surface area contributed by atoms with Gasteiger partial charge in [0.15, 0.2) is 6.61 Å². The summed E-state index contributed by atoms with van der Waals surface area (Å²) in [5, 5.41) is 18.3. The maximum atomic E-state index is 12.8. The van der Waals surface area contributed by atoms with Crippen LogP contribution in [0, 0.1) is 0 Å². The van der Waals surface area contributed by atoms with Crippen molar-refractivity contribution >= 4 is 40.0 Å². The number of para-hydroxylation sites is 1. The van der Waals surface area contributed by atoms with Crippen LogP contribution in [-0.2, 0) is 18.9 Å². The van der Waals surface area contributed by atoms with Crippen LogP contribution >= 0.6 is 23.4 Å². The Hall–Kier alpha value is -3.37. The second-order valence-electron chi connectivity index (χ2n) is 6.81. The minimum absolute atomic E-state index is 0.0792. The number of hydrogen-bond acceptors (Lipinski definition) is 8. The van der Waals surface area contributed by atoms with E-state index in [0.717, 1.165) is 5.52 Å². The summed E-state index contributed by atoms with van der Waals surface area (Å²) in [6.07, 6.45) is 0. The maximum absolute atomic E-state index is 12.8. The van der Waals surface area contributed by atoms with Crippen molar-refractivity contribution in [3.8, 4) is 5.75 Å². The minimum atomic E-state index is -0.0792. The zero-order chi connectivity index (χ0) is 22.1. The Bertz CT molecular complexity index is 1460. The second-order valence-corrected chi connectivity index (χ2v) is 8.17. The molecule has 32 heavy (non-hydrogen) atoms. The number of aromatic nitrogens is 6. The van der Waals surface area contributed by atoms with Gasteiger partial charge in [0.05, 0.1) is 16.7 Å². The molecule has 0 atom stereocenters. The lowest BCUT2D eigenvalue weighted by molar-refractivity contribution is 0.252. The zero-order valence-electron chi connectivity index (χ0n) is 16.9. The molecule has 0 N–H and O–H groups in total. The third-order valence-electron chi connectivity index (χ3n) is 4.84. The Morgan fingerprint density at radius 2 is 1.88 bits per heavy atom. The fraction of sp³-hybridized carbons (Fsp3) is 0.190. The van der Waals surface area contributed by atoms with Gasteiger partial charge in [-0.25, -0.2) is 0 Å². The van der Waals surface area contributed by atoms with Crippen LogP contribution in [0.15, 0.2) is 63.0 Å². The van der Waals surface area contributed by atoms with Gasteiger partial charge in [0.1, 0.15) is 11.6 Å². The molecule has 0 aliphatic carbocycles. The van der Waals surface area contributed by atoms with Gasteiger partial charge >= 0.3 is 0 Å². The van der Waals surface area contributed by atoms with Crippen molar-refractivity contribution in [1.82, 2.24) is 29.4 Å². The number of ether oxygens (including phenoxy) is 1. The summed E-state index contributed by atoms with van der Waals surface area (Å²) in [4.78, 5) is 12.8. The van der Waals surface area contributed by atoms with Crippen molar-refractivity contribution in [2.75, 3.05) is 0 Å². The van der Waals surface area contributed by atoms with Crippen LogP contribution in [0.4, 0.5) is 0 Å². The Morgan fingerprint density at radius 3 is 2.69 bits per heavy atom. The zero-order valence-corrected chi connectivity index (χ0v) is 18.5. The van der Waals surface area contributed by atoms with Gasteiger partial charge in [-0.2, -0.15) is 0 Å². The summed E-state index contributed by atoms with van der Waals surface area (Å²) in [6.45, 7) is 2.56. The van der Waals surface area contributed by atoms with Gasteiger partial charge in [-0.05, 0) is 43.3 Å². The van der Waals surface area contributed by atoms with E-state index in [4.69, 9.17) is 20.8 Å². The summed E-state index contributed by atoms with van der Waals surface area (Å²) in [7, 11) is 0. The summed E-state index contributed by atoms with van der Waals surface area (Å²) >= 11 is 7.21. The van der Waals surface area contributed by atoms with E-state index in [1.165, 1.54) is 11.8 Å². The standard InChI is InChI=1S/C21H17ClN6O3S/c1-2-27-19(29)15-5-3-4-6-16(15)28-17(23-25-20(27)28)12-32-21-26-24-18(31-21)11-30-14-9-7-13(22)8-10-14/h3-10H,2,11-12H2,1H3. The van der Waals surface area contributed by atoms with Crippen molar-refractivity contribution < 1.29 is 9.15 Å². The molecule has 5 rings (SSSR count). The van der Waals surface area contributed by atoms with Gasteiger partial charge in [-0.15, -0.1) is 20.4 Å². The number of fused-ring (bicyclic) bond motifs is 3. The van der Waals surface area contributed by atoms with Gasteiger partial charge in [0, 0.05) is 11.6 Å². The van der Waals surface area contributed by atoms with Gasteiger partial charge in [0.25, 0.3) is 16.7 Å². The number of rotatable bonds is 7. The van der Waals surface area contributed by atoms with E-state index >= 15 is 0 Å². The number of nitrogens with zero attached hydrogens (tertiary/aromatic N) is 6. The van der Waals surface area contributed by atoms with Crippen molar-refractivity contribution in [2.45, 2.75) is 31.1 Å². The lowest BCUT2D eigenvalue weighted by Gasteiger charge is -2.09. The highest BCUT2D eigenvalue weighted by Gasteiger charge is 2.17. The molecule has 0 saturated heterocycles. The summed E-state index contributed by atoms with van der Waals surface area (Å²) in [5.41, 5.74) is 0.685. The Balaban J connectivity index is 1.35. The van der Waals surface area contributed by atoms with E-state index in [9.17, 15) is 4.79 Å². The average Bonchev–Trinajstić information content (AvgIpc) is 3.45. The van der Waals surface area contributed by atoms with Gasteiger partial charge in [-0.1, -0.05) is 35.5 Å². The monoisotopic (exact) mass is 468 g/mol. The first kappa shape index (κ1) is 20.5. The Labute approximate surface area is 191 Å². The van der Waals surface area contributed by atoms with E-state index in [1.807, 2.05) is 35.6 Å². The minimum Gasteiger partial charge on any atom is -0.484 e. The first-order valence-corrected chi connectivity index (χ1v) is 11.2. The van der Waals surface area contributed by atoms with E-state index < -0.39 is 0 Å². The first-order chi connectivity index (χ1) is 15.6. The van der Waals surface area contributed by atoms with E-state index in [-0.39, 0.29) is 12.2 Å². The third kappa shape index (κ3) is 3.82. The molecule has 3 aromatic heterocycles. The highest BCUT2D eigenvalue weighted by Crippen LogP contribution is 2.23. The van der Waals surface area contributed by atoms with Crippen LogP contribution in [0.1, 0.15) is 18.6 Å². The quantitative estimate of drug-likeness (QED) is 0.331. The van der Waals surface area contributed by atoms with Crippen LogP contribution in [0.5, 0.6) is 5.75 Å². The van der Waals surface area contributed by atoms with Gasteiger partial charge < -0.3 is 9.15 Å². The van der Waals surface area contributed by atoms with Crippen molar-refractivity contribution in [3.63, 3.8) is 0 Å². The molecule has 0 fully saturated rings. The predicted octanol–water partition coefficient (Wildman–Crippen LogP) is 3.97. The molecule has 0 aliphatic rings. The molecule has 0 bridgehead atoms. The molecule has 3 heterocycles. The molecular formula is C21H17ClN6O3S. The molecule has 2 aromatic carbocycles. The van der Waals surface area contributed by atoms with Crippen LogP contribution in [-0.4, -0.2) is 29.4 Å². The summed E-state index contributed by atoms with van der Waals surface area (Å²) < 4.78 is 14.8. The van der Waals surface area contributed by atoms with Crippen LogP contribution in [0.25, 0.3) is 16.7 Å². The van der Waals surface area contributed by atoms with Crippen LogP contribution in [0.3, 0.4) is 0 Å². The van der Waals surface area contributed by atoms with E-state index in [1.54, 1.807) is 28.8 Å². The SMILES string of the molecule is CCn1c(=O)c2ccccc2n2c(CSc3nnc(COc4ccc(Cl)cc4)o3)nnc12.